The zero-order valence-electron chi connectivity index (χ0n) is 8.59. The Morgan fingerprint density at radius 3 is 3.07 bits per heavy atom. The predicted octanol–water partition coefficient (Wildman–Crippen LogP) is 3.90. The summed E-state index contributed by atoms with van der Waals surface area (Å²) in [5, 5.41) is 0. The van der Waals surface area contributed by atoms with Crippen LogP contribution in [0.2, 0.25) is 0 Å². The number of fused-ring (bicyclic) bond motifs is 1. The first kappa shape index (κ1) is 9.57. The maximum absolute atomic E-state index is 5.17. The Morgan fingerprint density at radius 2 is 2.21 bits per heavy atom. The summed E-state index contributed by atoms with van der Waals surface area (Å²) < 4.78 is 5.17. The summed E-state index contributed by atoms with van der Waals surface area (Å²) in [6.07, 6.45) is 13.0. The lowest BCUT2D eigenvalue weighted by Crippen LogP contribution is -1.89. The second-order valence-corrected chi connectivity index (χ2v) is 3.91. The Morgan fingerprint density at radius 1 is 1.29 bits per heavy atom. The molecule has 0 saturated heterocycles. The van der Waals surface area contributed by atoms with Gasteiger partial charge in [0.15, 0.2) is 0 Å². The van der Waals surface area contributed by atoms with Crippen molar-refractivity contribution < 1.29 is 4.74 Å². The van der Waals surface area contributed by atoms with Crippen molar-refractivity contribution >= 4 is 0 Å². The molecule has 1 nitrogen and oxygen atoms in total. The van der Waals surface area contributed by atoms with Crippen LogP contribution in [0.3, 0.4) is 0 Å². The van der Waals surface area contributed by atoms with Crippen molar-refractivity contribution in [3.05, 3.63) is 42.2 Å². The maximum atomic E-state index is 5.17. The summed E-state index contributed by atoms with van der Waals surface area (Å²) in [4.78, 5) is 0. The molecule has 1 heteroatoms. The van der Waals surface area contributed by atoms with E-state index < -0.39 is 0 Å². The van der Waals surface area contributed by atoms with Crippen LogP contribution in [0.15, 0.2) is 35.3 Å². The van der Waals surface area contributed by atoms with Gasteiger partial charge in [0.25, 0.3) is 0 Å². The van der Waals surface area contributed by atoms with Gasteiger partial charge in [-0.3, -0.25) is 0 Å². The van der Waals surface area contributed by atoms with Crippen LogP contribution in [0, 0.1) is 6.92 Å². The van der Waals surface area contributed by atoms with E-state index in [1.54, 1.807) is 11.8 Å². The van der Waals surface area contributed by atoms with Crippen molar-refractivity contribution in [2.75, 3.05) is 0 Å². The van der Waals surface area contributed by atoms with Crippen molar-refractivity contribution in [1.82, 2.24) is 0 Å². The van der Waals surface area contributed by atoms with E-state index in [9.17, 15) is 0 Å². The van der Waals surface area contributed by atoms with Gasteiger partial charge in [-0.25, -0.2) is 0 Å². The third kappa shape index (κ3) is 1.92. The van der Waals surface area contributed by atoms with Gasteiger partial charge in [0.05, 0.1) is 12.5 Å². The summed E-state index contributed by atoms with van der Waals surface area (Å²) in [6.45, 7) is 3.87. The first-order valence-electron chi connectivity index (χ1n) is 5.44. The quantitative estimate of drug-likeness (QED) is 0.609. The van der Waals surface area contributed by atoms with Gasteiger partial charge in [-0.05, 0) is 42.9 Å². The van der Waals surface area contributed by atoms with Crippen LogP contribution in [-0.2, 0) is 4.74 Å². The highest BCUT2D eigenvalue weighted by Gasteiger charge is 2.19. The van der Waals surface area contributed by atoms with Gasteiger partial charge in [0.2, 0.25) is 0 Å². The summed E-state index contributed by atoms with van der Waals surface area (Å²) in [5.41, 5.74) is 4.45. The lowest BCUT2D eigenvalue weighted by atomic mass is 10.0. The van der Waals surface area contributed by atoms with E-state index in [2.05, 4.69) is 13.0 Å². The molecule has 0 spiro atoms. The molecule has 1 radical (unpaired) electrons. The van der Waals surface area contributed by atoms with E-state index in [0.717, 1.165) is 6.42 Å². The minimum Gasteiger partial charge on any atom is -0.472 e. The van der Waals surface area contributed by atoms with Crippen molar-refractivity contribution in [2.45, 2.75) is 38.5 Å². The summed E-state index contributed by atoms with van der Waals surface area (Å²) >= 11 is 0. The van der Waals surface area contributed by atoms with Crippen molar-refractivity contribution in [3.8, 4) is 0 Å². The second-order valence-electron chi connectivity index (χ2n) is 3.91. The standard InChI is InChI=1S/C13H17O/c1-2-3-4-5-11-6-7-12-10-14-9-8-13(11)12/h8-10H,1-7H2. The van der Waals surface area contributed by atoms with E-state index in [1.807, 2.05) is 6.26 Å². The topological polar surface area (TPSA) is 9.23 Å². The largest absolute Gasteiger partial charge is 0.472 e. The number of allylic oxidation sites excluding steroid dienone is 4. The average Bonchev–Trinajstić information content (AvgIpc) is 2.63. The van der Waals surface area contributed by atoms with Gasteiger partial charge in [-0.1, -0.05) is 25.3 Å². The number of hydrogen-bond donors (Lipinski definition) is 0. The molecule has 0 aromatic carbocycles. The summed E-state index contributed by atoms with van der Waals surface area (Å²) in [5.74, 6) is 0. The van der Waals surface area contributed by atoms with E-state index in [-0.39, 0.29) is 0 Å². The Bertz CT molecular complexity index is 294. The number of rotatable bonds is 4. The normalized spacial score (nSPS) is 19.4. The van der Waals surface area contributed by atoms with Crippen LogP contribution in [0.5, 0.6) is 0 Å². The SMILES string of the molecule is [CH2]CCCCC1=C2C=COC=C2CC1. The van der Waals surface area contributed by atoms with E-state index >= 15 is 0 Å². The van der Waals surface area contributed by atoms with Crippen LogP contribution < -0.4 is 0 Å². The van der Waals surface area contributed by atoms with Crippen LogP contribution >= 0.6 is 0 Å². The highest BCUT2D eigenvalue weighted by molar-refractivity contribution is 5.48. The molecule has 75 valence electrons. The van der Waals surface area contributed by atoms with Gasteiger partial charge in [-0.2, -0.15) is 0 Å². The second kappa shape index (κ2) is 4.50. The first-order valence-corrected chi connectivity index (χ1v) is 5.44. The summed E-state index contributed by atoms with van der Waals surface area (Å²) in [7, 11) is 0. The van der Waals surface area contributed by atoms with Crippen LogP contribution in [0.25, 0.3) is 0 Å². The number of unbranched alkanes of at least 4 members (excludes halogenated alkanes) is 2. The number of ether oxygens (including phenoxy) is 1. The predicted molar refractivity (Wildman–Crippen MR) is 58.4 cm³/mol. The molecular weight excluding hydrogens is 172 g/mol. The molecule has 0 amide bonds. The molecule has 1 aliphatic carbocycles. The molecule has 2 rings (SSSR count). The molecule has 1 aliphatic heterocycles. The summed E-state index contributed by atoms with van der Waals surface area (Å²) in [6, 6.07) is 0. The Hall–Kier alpha value is -0.980. The van der Waals surface area contributed by atoms with E-state index in [4.69, 9.17) is 4.74 Å². The molecule has 0 N–H and O–H groups in total. The fourth-order valence-electron chi connectivity index (χ4n) is 2.13. The van der Waals surface area contributed by atoms with Crippen LogP contribution in [0.4, 0.5) is 0 Å². The van der Waals surface area contributed by atoms with Crippen molar-refractivity contribution in [3.63, 3.8) is 0 Å². The molecule has 14 heavy (non-hydrogen) atoms. The minimum atomic E-state index is 1.06. The molecule has 0 atom stereocenters. The Balaban J connectivity index is 2.00. The highest BCUT2D eigenvalue weighted by atomic mass is 16.5. The van der Waals surface area contributed by atoms with Gasteiger partial charge >= 0.3 is 0 Å². The van der Waals surface area contributed by atoms with Crippen molar-refractivity contribution in [1.29, 1.82) is 0 Å². The molecule has 0 saturated carbocycles. The zero-order valence-corrected chi connectivity index (χ0v) is 8.59. The van der Waals surface area contributed by atoms with E-state index in [1.165, 1.54) is 43.3 Å². The monoisotopic (exact) mass is 189 g/mol. The molecule has 0 aromatic rings. The minimum absolute atomic E-state index is 1.06. The van der Waals surface area contributed by atoms with Gasteiger partial charge < -0.3 is 4.74 Å². The van der Waals surface area contributed by atoms with Gasteiger partial charge in [-0.15, -0.1) is 0 Å². The smallest absolute Gasteiger partial charge is 0.0939 e. The fraction of sp³-hybridized carbons (Fsp3) is 0.462. The highest BCUT2D eigenvalue weighted by Crippen LogP contribution is 2.36. The number of hydrogen-bond acceptors (Lipinski definition) is 1. The molecule has 2 aliphatic rings. The molecule has 0 fully saturated rings. The molecule has 0 bridgehead atoms. The third-order valence-electron chi connectivity index (χ3n) is 2.93. The Labute approximate surface area is 86.2 Å². The lowest BCUT2D eigenvalue weighted by Gasteiger charge is -2.07. The lowest BCUT2D eigenvalue weighted by molar-refractivity contribution is 0.393. The molecular formula is C13H17O. The molecule has 0 aromatic heterocycles. The zero-order chi connectivity index (χ0) is 9.80. The first-order chi connectivity index (χ1) is 6.92. The van der Waals surface area contributed by atoms with Crippen LogP contribution in [0.1, 0.15) is 38.5 Å². The van der Waals surface area contributed by atoms with Gasteiger partial charge in [0, 0.05) is 0 Å². The molecule has 1 heterocycles. The van der Waals surface area contributed by atoms with Crippen LogP contribution in [-0.4, -0.2) is 0 Å². The maximum Gasteiger partial charge on any atom is 0.0939 e. The molecule has 0 unspecified atom stereocenters. The Kier molecular flexibility index (Phi) is 3.07. The fourth-order valence-corrected chi connectivity index (χ4v) is 2.13. The third-order valence-corrected chi connectivity index (χ3v) is 2.93. The average molecular weight is 189 g/mol. The van der Waals surface area contributed by atoms with Crippen molar-refractivity contribution in [2.24, 2.45) is 0 Å². The van der Waals surface area contributed by atoms with Gasteiger partial charge in [0.1, 0.15) is 0 Å². The van der Waals surface area contributed by atoms with E-state index in [0.29, 0.717) is 0 Å².